The number of fused-ring (bicyclic) bond motifs is 1. The molecule has 0 spiro atoms. The van der Waals surface area contributed by atoms with Gasteiger partial charge < -0.3 is 14.9 Å². The summed E-state index contributed by atoms with van der Waals surface area (Å²) < 4.78 is 5.27. The SMILES string of the molecule is CC(C)(C)OC(=O)N(CC(=O)O)c1ccc2cc(O)ccc2c1. The molecule has 0 saturated carbocycles. The maximum absolute atomic E-state index is 12.3. The second kappa shape index (κ2) is 6.16. The van der Waals surface area contributed by atoms with Crippen LogP contribution in [0.5, 0.6) is 5.75 Å². The van der Waals surface area contributed by atoms with Crippen molar-refractivity contribution >= 4 is 28.5 Å². The molecule has 6 heteroatoms. The third kappa shape index (κ3) is 4.35. The molecule has 0 aliphatic carbocycles. The van der Waals surface area contributed by atoms with E-state index in [1.54, 1.807) is 51.1 Å². The average molecular weight is 317 g/mol. The average Bonchev–Trinajstić information content (AvgIpc) is 2.42. The number of carboxylic acid groups (broad SMARTS) is 1. The molecule has 2 aromatic rings. The van der Waals surface area contributed by atoms with Crippen molar-refractivity contribution in [2.75, 3.05) is 11.4 Å². The molecule has 1 amide bonds. The van der Waals surface area contributed by atoms with Gasteiger partial charge in [0.25, 0.3) is 0 Å². The number of aliphatic carboxylic acids is 1. The van der Waals surface area contributed by atoms with E-state index >= 15 is 0 Å². The lowest BCUT2D eigenvalue weighted by Gasteiger charge is -2.26. The zero-order valence-electron chi connectivity index (χ0n) is 13.2. The summed E-state index contributed by atoms with van der Waals surface area (Å²) in [6.07, 6.45) is -0.724. The van der Waals surface area contributed by atoms with Crippen molar-refractivity contribution in [1.82, 2.24) is 0 Å². The van der Waals surface area contributed by atoms with Gasteiger partial charge in [0.05, 0.1) is 0 Å². The lowest BCUT2D eigenvalue weighted by Crippen LogP contribution is -2.40. The lowest BCUT2D eigenvalue weighted by molar-refractivity contribution is -0.135. The Labute approximate surface area is 133 Å². The van der Waals surface area contributed by atoms with Crippen LogP contribution in [0.15, 0.2) is 36.4 Å². The second-order valence-electron chi connectivity index (χ2n) is 6.18. The Balaban J connectivity index is 2.40. The third-order valence-electron chi connectivity index (χ3n) is 3.03. The summed E-state index contributed by atoms with van der Waals surface area (Å²) in [5, 5.41) is 20.1. The number of rotatable bonds is 3. The normalized spacial score (nSPS) is 11.3. The monoisotopic (exact) mass is 317 g/mol. The smallest absolute Gasteiger partial charge is 0.415 e. The maximum Gasteiger partial charge on any atom is 0.415 e. The van der Waals surface area contributed by atoms with E-state index in [0.717, 1.165) is 15.7 Å². The molecule has 6 nitrogen and oxygen atoms in total. The minimum atomic E-state index is -1.14. The summed E-state index contributed by atoms with van der Waals surface area (Å²) in [5.41, 5.74) is -0.309. The number of carboxylic acids is 1. The molecule has 0 unspecified atom stereocenters. The van der Waals surface area contributed by atoms with Gasteiger partial charge in [0.2, 0.25) is 0 Å². The molecule has 2 N–H and O–H groups in total. The molecule has 0 bridgehead atoms. The standard InChI is InChI=1S/C17H19NO5/c1-17(2,3)23-16(22)18(10-15(20)21)13-6-4-12-9-14(19)7-5-11(12)8-13/h4-9,19H,10H2,1-3H3,(H,20,21). The highest BCUT2D eigenvalue weighted by Crippen LogP contribution is 2.26. The van der Waals surface area contributed by atoms with Crippen LogP contribution in [0, 0.1) is 0 Å². The van der Waals surface area contributed by atoms with Crippen LogP contribution in [0.1, 0.15) is 20.8 Å². The first-order chi connectivity index (χ1) is 10.7. The largest absolute Gasteiger partial charge is 0.508 e. The van der Waals surface area contributed by atoms with Gasteiger partial charge >= 0.3 is 12.1 Å². The number of nitrogens with zero attached hydrogens (tertiary/aromatic N) is 1. The van der Waals surface area contributed by atoms with Crippen molar-refractivity contribution in [3.05, 3.63) is 36.4 Å². The Morgan fingerprint density at radius 2 is 1.70 bits per heavy atom. The van der Waals surface area contributed by atoms with Crippen LogP contribution < -0.4 is 4.90 Å². The van der Waals surface area contributed by atoms with Crippen LogP contribution in [0.4, 0.5) is 10.5 Å². The van der Waals surface area contributed by atoms with E-state index in [0.29, 0.717) is 5.69 Å². The zero-order chi connectivity index (χ0) is 17.2. The molecule has 0 aliphatic heterocycles. The Hall–Kier alpha value is -2.76. The summed E-state index contributed by atoms with van der Waals surface area (Å²) in [7, 11) is 0. The Kier molecular flexibility index (Phi) is 4.45. The second-order valence-corrected chi connectivity index (χ2v) is 6.18. The van der Waals surface area contributed by atoms with E-state index in [9.17, 15) is 14.7 Å². The molecule has 2 aromatic carbocycles. The van der Waals surface area contributed by atoms with Crippen LogP contribution in [0.2, 0.25) is 0 Å². The van der Waals surface area contributed by atoms with Crippen molar-refractivity contribution in [3.63, 3.8) is 0 Å². The van der Waals surface area contributed by atoms with Gasteiger partial charge in [-0.2, -0.15) is 0 Å². The topological polar surface area (TPSA) is 87.1 Å². The number of anilines is 1. The first-order valence-electron chi connectivity index (χ1n) is 7.11. The van der Waals surface area contributed by atoms with Crippen LogP contribution in [-0.4, -0.2) is 34.4 Å². The minimum absolute atomic E-state index is 0.139. The Morgan fingerprint density at radius 1 is 1.09 bits per heavy atom. The first kappa shape index (κ1) is 16.6. The fraction of sp³-hybridized carbons (Fsp3) is 0.294. The summed E-state index contributed by atoms with van der Waals surface area (Å²) in [4.78, 5) is 24.4. The van der Waals surface area contributed by atoms with Crippen molar-refractivity contribution in [2.45, 2.75) is 26.4 Å². The molecule has 0 aromatic heterocycles. The summed E-state index contributed by atoms with van der Waals surface area (Å²) in [5.74, 6) is -0.999. The predicted octanol–water partition coefficient (Wildman–Crippen LogP) is 3.37. The van der Waals surface area contributed by atoms with E-state index in [-0.39, 0.29) is 5.75 Å². The molecule has 0 heterocycles. The number of hydrogen-bond acceptors (Lipinski definition) is 4. The number of phenolic OH excluding ortho intramolecular Hbond substituents is 1. The van der Waals surface area contributed by atoms with Gasteiger partial charge in [-0.05, 0) is 55.8 Å². The molecule has 23 heavy (non-hydrogen) atoms. The third-order valence-corrected chi connectivity index (χ3v) is 3.03. The van der Waals surface area contributed by atoms with Crippen molar-refractivity contribution < 1.29 is 24.5 Å². The van der Waals surface area contributed by atoms with Gasteiger partial charge in [-0.25, -0.2) is 4.79 Å². The highest BCUT2D eigenvalue weighted by atomic mass is 16.6. The first-order valence-corrected chi connectivity index (χ1v) is 7.11. The molecule has 2 rings (SSSR count). The van der Waals surface area contributed by atoms with E-state index in [2.05, 4.69) is 0 Å². The number of amides is 1. The summed E-state index contributed by atoms with van der Waals surface area (Å²) in [6.45, 7) is 4.64. The summed E-state index contributed by atoms with van der Waals surface area (Å²) >= 11 is 0. The fourth-order valence-electron chi connectivity index (χ4n) is 2.10. The quantitative estimate of drug-likeness (QED) is 0.906. The molecule has 0 atom stereocenters. The van der Waals surface area contributed by atoms with E-state index in [1.165, 1.54) is 6.07 Å². The zero-order valence-corrected chi connectivity index (χ0v) is 13.2. The number of ether oxygens (including phenoxy) is 1. The molecule has 0 aliphatic rings. The van der Waals surface area contributed by atoms with Gasteiger partial charge in [-0.3, -0.25) is 9.69 Å². The van der Waals surface area contributed by atoms with Crippen molar-refractivity contribution in [1.29, 1.82) is 0 Å². The van der Waals surface area contributed by atoms with Gasteiger partial charge in [0, 0.05) is 5.69 Å². The van der Waals surface area contributed by atoms with Crippen LogP contribution in [0.25, 0.3) is 10.8 Å². The van der Waals surface area contributed by atoms with Crippen LogP contribution in [0.3, 0.4) is 0 Å². The molecule has 0 saturated heterocycles. The van der Waals surface area contributed by atoms with Crippen LogP contribution >= 0.6 is 0 Å². The van der Waals surface area contributed by atoms with Gasteiger partial charge in [0.15, 0.2) is 0 Å². The number of aromatic hydroxyl groups is 1. The molecular formula is C17H19NO5. The molecule has 0 radical (unpaired) electrons. The Morgan fingerprint density at radius 3 is 2.30 bits per heavy atom. The molecule has 122 valence electrons. The van der Waals surface area contributed by atoms with Crippen molar-refractivity contribution in [2.24, 2.45) is 0 Å². The van der Waals surface area contributed by atoms with Crippen molar-refractivity contribution in [3.8, 4) is 5.75 Å². The molecule has 0 fully saturated rings. The fourth-order valence-corrected chi connectivity index (χ4v) is 2.10. The number of phenols is 1. The highest BCUT2D eigenvalue weighted by Gasteiger charge is 2.25. The van der Waals surface area contributed by atoms with E-state index in [4.69, 9.17) is 9.84 Å². The maximum atomic E-state index is 12.3. The summed E-state index contributed by atoms with van der Waals surface area (Å²) in [6, 6.07) is 9.83. The number of carbonyl (C=O) groups excluding carboxylic acids is 1. The Bertz CT molecular complexity index is 748. The predicted molar refractivity (Wildman–Crippen MR) is 86.8 cm³/mol. The van der Waals surface area contributed by atoms with Crippen LogP contribution in [-0.2, 0) is 9.53 Å². The minimum Gasteiger partial charge on any atom is -0.508 e. The number of hydrogen-bond donors (Lipinski definition) is 2. The van der Waals surface area contributed by atoms with E-state index < -0.39 is 24.2 Å². The number of carbonyl (C=O) groups is 2. The molecular weight excluding hydrogens is 298 g/mol. The number of benzene rings is 2. The van der Waals surface area contributed by atoms with Gasteiger partial charge in [-0.15, -0.1) is 0 Å². The van der Waals surface area contributed by atoms with Gasteiger partial charge in [0.1, 0.15) is 17.9 Å². The van der Waals surface area contributed by atoms with Gasteiger partial charge in [-0.1, -0.05) is 12.1 Å². The lowest BCUT2D eigenvalue weighted by atomic mass is 10.1. The van der Waals surface area contributed by atoms with E-state index in [1.807, 2.05) is 0 Å². The highest BCUT2D eigenvalue weighted by molar-refractivity contribution is 5.96.